The van der Waals surface area contributed by atoms with Crippen molar-refractivity contribution in [2.75, 3.05) is 6.54 Å². The molecule has 0 spiro atoms. The molecule has 1 unspecified atom stereocenters. The summed E-state index contributed by atoms with van der Waals surface area (Å²) < 4.78 is 1.65. The van der Waals surface area contributed by atoms with Gasteiger partial charge in [0.15, 0.2) is 0 Å². The zero-order valence-corrected chi connectivity index (χ0v) is 13.2. The molecular formula is C18H19N3O2. The number of aliphatic hydroxyl groups is 1. The first kappa shape index (κ1) is 15.2. The third-order valence-electron chi connectivity index (χ3n) is 4.09. The number of nitrogens with zero attached hydrogens (tertiary/aromatic N) is 2. The first-order valence-corrected chi connectivity index (χ1v) is 7.50. The summed E-state index contributed by atoms with van der Waals surface area (Å²) in [5, 5.41) is 19.3. The molecule has 23 heavy (non-hydrogen) atoms. The third kappa shape index (κ3) is 3.10. The molecule has 0 fully saturated rings. The lowest BCUT2D eigenvalue weighted by Gasteiger charge is -2.13. The number of hydrogen-bond donors (Lipinski definition) is 2. The fourth-order valence-corrected chi connectivity index (χ4v) is 2.54. The molecule has 0 radical (unpaired) electrons. The van der Waals surface area contributed by atoms with E-state index in [1.807, 2.05) is 49.4 Å². The van der Waals surface area contributed by atoms with Crippen molar-refractivity contribution in [2.24, 2.45) is 7.05 Å². The Balaban J connectivity index is 1.69. The van der Waals surface area contributed by atoms with Gasteiger partial charge in [-0.3, -0.25) is 9.48 Å². The molecule has 1 atom stereocenters. The molecule has 0 aliphatic rings. The maximum absolute atomic E-state index is 12.2. The predicted octanol–water partition coefficient (Wildman–Crippen LogP) is 2.35. The molecular weight excluding hydrogens is 290 g/mol. The minimum Gasteiger partial charge on any atom is -0.387 e. The number of nitrogens with one attached hydrogen (secondary N) is 1. The highest BCUT2D eigenvalue weighted by atomic mass is 16.3. The van der Waals surface area contributed by atoms with Crippen LogP contribution in [0, 0.1) is 6.92 Å². The summed E-state index contributed by atoms with van der Waals surface area (Å²) in [7, 11) is 1.79. The summed E-state index contributed by atoms with van der Waals surface area (Å²) >= 11 is 0. The normalized spacial score (nSPS) is 12.3. The molecule has 1 heterocycles. The number of rotatable bonds is 4. The molecule has 0 aliphatic carbocycles. The van der Waals surface area contributed by atoms with E-state index in [-0.39, 0.29) is 12.5 Å². The third-order valence-corrected chi connectivity index (χ3v) is 4.09. The number of aromatic nitrogens is 2. The van der Waals surface area contributed by atoms with Crippen molar-refractivity contribution in [1.29, 1.82) is 0 Å². The molecule has 1 aromatic heterocycles. The standard InChI is InChI=1S/C18H19N3O2/c1-12-16(10-20-21(12)2)18(23)19-11-17(22)15-8-7-13-5-3-4-6-14(13)9-15/h3-10,17,22H,11H2,1-2H3,(H,19,23). The van der Waals surface area contributed by atoms with E-state index in [1.165, 1.54) is 6.20 Å². The second-order valence-electron chi connectivity index (χ2n) is 5.60. The van der Waals surface area contributed by atoms with Gasteiger partial charge in [-0.2, -0.15) is 5.10 Å². The fraction of sp³-hybridized carbons (Fsp3) is 0.222. The van der Waals surface area contributed by atoms with E-state index in [0.29, 0.717) is 5.56 Å². The van der Waals surface area contributed by atoms with Crippen molar-refractivity contribution in [3.63, 3.8) is 0 Å². The number of fused-ring (bicyclic) bond motifs is 1. The van der Waals surface area contributed by atoms with Crippen LogP contribution in [-0.4, -0.2) is 27.3 Å². The average Bonchev–Trinajstić information content (AvgIpc) is 2.91. The summed E-state index contributed by atoms with van der Waals surface area (Å²) in [4.78, 5) is 12.2. The van der Waals surface area contributed by atoms with Gasteiger partial charge in [0.25, 0.3) is 5.91 Å². The molecule has 0 bridgehead atoms. The Morgan fingerprint density at radius 1 is 1.26 bits per heavy atom. The maximum atomic E-state index is 12.2. The molecule has 2 aromatic carbocycles. The Morgan fingerprint density at radius 2 is 2.00 bits per heavy atom. The van der Waals surface area contributed by atoms with Gasteiger partial charge in [-0.25, -0.2) is 0 Å². The second-order valence-corrected chi connectivity index (χ2v) is 5.60. The Labute approximate surface area is 134 Å². The molecule has 5 nitrogen and oxygen atoms in total. The van der Waals surface area contributed by atoms with E-state index in [9.17, 15) is 9.90 Å². The van der Waals surface area contributed by atoms with Crippen LogP contribution in [-0.2, 0) is 7.05 Å². The minimum absolute atomic E-state index is 0.158. The number of aryl methyl sites for hydroxylation is 1. The second kappa shape index (κ2) is 6.22. The predicted molar refractivity (Wildman–Crippen MR) is 89.2 cm³/mol. The highest BCUT2D eigenvalue weighted by Crippen LogP contribution is 2.20. The maximum Gasteiger partial charge on any atom is 0.254 e. The van der Waals surface area contributed by atoms with E-state index in [0.717, 1.165) is 22.0 Å². The molecule has 0 saturated carbocycles. The Bertz CT molecular complexity index is 854. The Morgan fingerprint density at radius 3 is 2.70 bits per heavy atom. The highest BCUT2D eigenvalue weighted by Gasteiger charge is 2.15. The molecule has 2 N–H and O–H groups in total. The highest BCUT2D eigenvalue weighted by molar-refractivity contribution is 5.95. The van der Waals surface area contributed by atoms with Gasteiger partial charge in [0.1, 0.15) is 0 Å². The van der Waals surface area contributed by atoms with Crippen molar-refractivity contribution in [3.8, 4) is 0 Å². The van der Waals surface area contributed by atoms with Crippen LogP contribution in [0.2, 0.25) is 0 Å². The molecule has 5 heteroatoms. The molecule has 1 amide bonds. The van der Waals surface area contributed by atoms with E-state index in [4.69, 9.17) is 0 Å². The number of hydrogen-bond acceptors (Lipinski definition) is 3. The van der Waals surface area contributed by atoms with Crippen LogP contribution >= 0.6 is 0 Å². The molecule has 3 aromatic rings. The molecule has 3 rings (SSSR count). The van der Waals surface area contributed by atoms with E-state index < -0.39 is 6.10 Å². The van der Waals surface area contributed by atoms with Gasteiger partial charge in [0, 0.05) is 19.3 Å². The first-order valence-electron chi connectivity index (χ1n) is 7.50. The number of benzene rings is 2. The van der Waals surface area contributed by atoms with Crippen LogP contribution in [0.3, 0.4) is 0 Å². The van der Waals surface area contributed by atoms with Crippen LogP contribution < -0.4 is 5.32 Å². The lowest BCUT2D eigenvalue weighted by Crippen LogP contribution is -2.28. The molecule has 0 aliphatic heterocycles. The zero-order valence-electron chi connectivity index (χ0n) is 13.2. The van der Waals surface area contributed by atoms with Gasteiger partial charge < -0.3 is 10.4 Å². The summed E-state index contributed by atoms with van der Waals surface area (Å²) in [5.41, 5.74) is 2.10. The molecule has 118 valence electrons. The summed E-state index contributed by atoms with van der Waals surface area (Å²) in [5.74, 6) is -0.226. The lowest BCUT2D eigenvalue weighted by atomic mass is 10.0. The van der Waals surface area contributed by atoms with E-state index >= 15 is 0 Å². The summed E-state index contributed by atoms with van der Waals surface area (Å²) in [6, 6.07) is 13.8. The van der Waals surface area contributed by atoms with Gasteiger partial charge in [-0.1, -0.05) is 36.4 Å². The van der Waals surface area contributed by atoms with Crippen molar-refractivity contribution in [3.05, 3.63) is 65.5 Å². The van der Waals surface area contributed by atoms with Gasteiger partial charge >= 0.3 is 0 Å². The Hall–Kier alpha value is -2.66. The van der Waals surface area contributed by atoms with Crippen LogP contribution in [0.4, 0.5) is 0 Å². The topological polar surface area (TPSA) is 67.2 Å². The molecule has 0 saturated heterocycles. The summed E-state index contributed by atoms with van der Waals surface area (Å²) in [6.45, 7) is 1.99. The lowest BCUT2D eigenvalue weighted by molar-refractivity contribution is 0.0915. The van der Waals surface area contributed by atoms with Crippen molar-refractivity contribution in [1.82, 2.24) is 15.1 Å². The van der Waals surface area contributed by atoms with Crippen LogP contribution in [0.1, 0.15) is 27.7 Å². The van der Waals surface area contributed by atoms with Crippen LogP contribution in [0.25, 0.3) is 10.8 Å². The minimum atomic E-state index is -0.750. The van der Waals surface area contributed by atoms with Crippen molar-refractivity contribution < 1.29 is 9.90 Å². The van der Waals surface area contributed by atoms with E-state index in [2.05, 4.69) is 10.4 Å². The number of carbonyl (C=O) groups excluding carboxylic acids is 1. The summed E-state index contributed by atoms with van der Waals surface area (Å²) in [6.07, 6.45) is 0.785. The van der Waals surface area contributed by atoms with Gasteiger partial charge in [-0.05, 0) is 29.3 Å². The van der Waals surface area contributed by atoms with Crippen LogP contribution in [0.15, 0.2) is 48.7 Å². The average molecular weight is 309 g/mol. The number of carbonyl (C=O) groups is 1. The smallest absolute Gasteiger partial charge is 0.254 e. The SMILES string of the molecule is Cc1c(C(=O)NCC(O)c2ccc3ccccc3c2)cnn1C. The van der Waals surface area contributed by atoms with Crippen molar-refractivity contribution >= 4 is 16.7 Å². The number of amides is 1. The van der Waals surface area contributed by atoms with Gasteiger partial charge in [0.2, 0.25) is 0 Å². The Kier molecular flexibility index (Phi) is 4.12. The van der Waals surface area contributed by atoms with Gasteiger partial charge in [0.05, 0.1) is 17.9 Å². The zero-order chi connectivity index (χ0) is 16.4. The van der Waals surface area contributed by atoms with E-state index in [1.54, 1.807) is 11.7 Å². The van der Waals surface area contributed by atoms with Crippen LogP contribution in [0.5, 0.6) is 0 Å². The van der Waals surface area contributed by atoms with Crippen molar-refractivity contribution in [2.45, 2.75) is 13.0 Å². The monoisotopic (exact) mass is 309 g/mol. The quantitative estimate of drug-likeness (QED) is 0.777. The first-order chi connectivity index (χ1) is 11.1. The number of aliphatic hydroxyl groups excluding tert-OH is 1. The fourth-order valence-electron chi connectivity index (χ4n) is 2.54. The largest absolute Gasteiger partial charge is 0.387 e. The van der Waals surface area contributed by atoms with Gasteiger partial charge in [-0.15, -0.1) is 0 Å².